The molecule has 0 saturated heterocycles. The molecule has 2 heteroatoms. The van der Waals surface area contributed by atoms with Crippen molar-refractivity contribution in [1.29, 1.82) is 0 Å². The van der Waals surface area contributed by atoms with Crippen LogP contribution in [-0.2, 0) is 9.59 Å². The lowest BCUT2D eigenvalue weighted by Gasteiger charge is -2.22. The average Bonchev–Trinajstić information content (AvgIpc) is 1.84. The van der Waals surface area contributed by atoms with E-state index >= 15 is 0 Å². The normalized spacial score (nSPS) is 34.6. The zero-order chi connectivity index (χ0) is 7.72. The van der Waals surface area contributed by atoms with Gasteiger partial charge in [0.15, 0.2) is 11.6 Å². The van der Waals surface area contributed by atoms with Gasteiger partial charge in [-0.25, -0.2) is 0 Å². The van der Waals surface area contributed by atoms with Gasteiger partial charge in [0.2, 0.25) is 0 Å². The van der Waals surface area contributed by atoms with Crippen LogP contribution in [-0.4, -0.2) is 11.6 Å². The first-order valence-electron chi connectivity index (χ1n) is 3.67. The molecule has 0 bridgehead atoms. The van der Waals surface area contributed by atoms with Crippen molar-refractivity contribution in [3.8, 4) is 0 Å². The number of rotatable bonds is 0. The van der Waals surface area contributed by atoms with Crippen LogP contribution in [0, 0.1) is 11.8 Å². The number of Topliss-reactive ketones (excluding diaryl/α,β-unsaturated/α-hetero) is 2. The smallest absolute Gasteiger partial charge is 0.198 e. The summed E-state index contributed by atoms with van der Waals surface area (Å²) < 4.78 is 0. The van der Waals surface area contributed by atoms with Crippen LogP contribution < -0.4 is 0 Å². The highest BCUT2D eigenvalue weighted by Crippen LogP contribution is 2.24. The fourth-order valence-electron chi connectivity index (χ4n) is 1.21. The second-order valence-electron chi connectivity index (χ2n) is 3.21. The van der Waals surface area contributed by atoms with Crippen molar-refractivity contribution in [3.05, 3.63) is 0 Å². The molecule has 56 valence electrons. The van der Waals surface area contributed by atoms with Crippen LogP contribution in [0.1, 0.15) is 26.7 Å². The summed E-state index contributed by atoms with van der Waals surface area (Å²) in [7, 11) is 0. The standard InChI is InChI=1S/C8H12O2/c1-5-3-7(9)8(10)4-6(5)2/h5-6H,3-4H2,1-2H3/t5-,6-/m1/s1. The number of hydrogen-bond acceptors (Lipinski definition) is 2. The summed E-state index contributed by atoms with van der Waals surface area (Å²) in [5.74, 6) is 0.437. The molecule has 1 saturated carbocycles. The van der Waals surface area contributed by atoms with Crippen LogP contribution in [0.5, 0.6) is 0 Å². The van der Waals surface area contributed by atoms with Crippen molar-refractivity contribution in [1.82, 2.24) is 0 Å². The van der Waals surface area contributed by atoms with Gasteiger partial charge in [-0.15, -0.1) is 0 Å². The molecule has 1 aliphatic carbocycles. The number of hydrogen-bond donors (Lipinski definition) is 0. The van der Waals surface area contributed by atoms with Crippen molar-refractivity contribution in [3.63, 3.8) is 0 Å². The van der Waals surface area contributed by atoms with E-state index in [-0.39, 0.29) is 11.6 Å². The van der Waals surface area contributed by atoms with Crippen molar-refractivity contribution in [2.75, 3.05) is 0 Å². The second kappa shape index (κ2) is 2.52. The predicted molar refractivity (Wildman–Crippen MR) is 37.6 cm³/mol. The van der Waals surface area contributed by atoms with Crippen molar-refractivity contribution in [2.24, 2.45) is 11.8 Å². The SMILES string of the molecule is C[C@@H]1CC(=O)C(=O)C[C@H]1C. The fourth-order valence-corrected chi connectivity index (χ4v) is 1.21. The summed E-state index contributed by atoms with van der Waals surface area (Å²) in [6, 6.07) is 0. The van der Waals surface area contributed by atoms with Crippen molar-refractivity contribution < 1.29 is 9.59 Å². The molecule has 2 atom stereocenters. The van der Waals surface area contributed by atoms with E-state index in [0.29, 0.717) is 24.7 Å². The topological polar surface area (TPSA) is 34.1 Å². The van der Waals surface area contributed by atoms with E-state index in [0.717, 1.165) is 0 Å². The Labute approximate surface area is 60.6 Å². The lowest BCUT2D eigenvalue weighted by Crippen LogP contribution is -2.29. The first-order chi connectivity index (χ1) is 4.61. The molecule has 0 aromatic rings. The van der Waals surface area contributed by atoms with Crippen molar-refractivity contribution in [2.45, 2.75) is 26.7 Å². The van der Waals surface area contributed by atoms with Gasteiger partial charge in [-0.05, 0) is 11.8 Å². The fraction of sp³-hybridized carbons (Fsp3) is 0.750. The predicted octanol–water partition coefficient (Wildman–Crippen LogP) is 1.19. The Morgan fingerprint density at radius 3 is 1.60 bits per heavy atom. The molecule has 1 aliphatic rings. The van der Waals surface area contributed by atoms with Crippen LogP contribution >= 0.6 is 0 Å². The molecule has 0 unspecified atom stereocenters. The zero-order valence-corrected chi connectivity index (χ0v) is 6.39. The molecule has 0 amide bonds. The van der Waals surface area contributed by atoms with Gasteiger partial charge in [-0.3, -0.25) is 9.59 Å². The summed E-state index contributed by atoms with van der Waals surface area (Å²) in [6.07, 6.45) is 0.917. The quantitative estimate of drug-likeness (QED) is 0.474. The third kappa shape index (κ3) is 1.25. The first-order valence-corrected chi connectivity index (χ1v) is 3.67. The minimum Gasteiger partial charge on any atom is -0.291 e. The molecule has 1 fully saturated rings. The molecular weight excluding hydrogens is 128 g/mol. The molecule has 1 rings (SSSR count). The largest absolute Gasteiger partial charge is 0.291 e. The molecule has 0 aliphatic heterocycles. The van der Waals surface area contributed by atoms with Gasteiger partial charge in [0.05, 0.1) is 0 Å². The molecular formula is C8H12O2. The van der Waals surface area contributed by atoms with Crippen LogP contribution in [0.15, 0.2) is 0 Å². The summed E-state index contributed by atoms with van der Waals surface area (Å²) in [5, 5.41) is 0. The van der Waals surface area contributed by atoms with Crippen LogP contribution in [0.4, 0.5) is 0 Å². The Bertz CT molecular complexity index is 152. The minimum absolute atomic E-state index is 0.175. The van der Waals surface area contributed by atoms with E-state index in [1.807, 2.05) is 13.8 Å². The van der Waals surface area contributed by atoms with Crippen LogP contribution in [0.3, 0.4) is 0 Å². The van der Waals surface area contributed by atoms with E-state index in [9.17, 15) is 9.59 Å². The molecule has 0 heterocycles. The monoisotopic (exact) mass is 140 g/mol. The maximum absolute atomic E-state index is 10.8. The lowest BCUT2D eigenvalue weighted by molar-refractivity contribution is -0.140. The summed E-state index contributed by atoms with van der Waals surface area (Å²) >= 11 is 0. The van der Waals surface area contributed by atoms with E-state index < -0.39 is 0 Å². The van der Waals surface area contributed by atoms with E-state index in [2.05, 4.69) is 0 Å². The van der Waals surface area contributed by atoms with E-state index in [4.69, 9.17) is 0 Å². The number of carbonyl (C=O) groups excluding carboxylic acids is 2. The molecule has 0 aromatic heterocycles. The summed E-state index contributed by atoms with van der Waals surface area (Å²) in [4.78, 5) is 21.6. The highest BCUT2D eigenvalue weighted by molar-refractivity contribution is 6.37. The summed E-state index contributed by atoms with van der Waals surface area (Å²) in [6.45, 7) is 4.05. The van der Waals surface area contributed by atoms with Gasteiger partial charge >= 0.3 is 0 Å². The van der Waals surface area contributed by atoms with Gasteiger partial charge in [-0.2, -0.15) is 0 Å². The van der Waals surface area contributed by atoms with Gasteiger partial charge in [0.25, 0.3) is 0 Å². The zero-order valence-electron chi connectivity index (χ0n) is 6.39. The minimum atomic E-state index is -0.175. The maximum Gasteiger partial charge on any atom is 0.198 e. The maximum atomic E-state index is 10.8. The van der Waals surface area contributed by atoms with E-state index in [1.54, 1.807) is 0 Å². The van der Waals surface area contributed by atoms with E-state index in [1.165, 1.54) is 0 Å². The Morgan fingerprint density at radius 1 is 1.00 bits per heavy atom. The van der Waals surface area contributed by atoms with Crippen molar-refractivity contribution >= 4 is 11.6 Å². The van der Waals surface area contributed by atoms with Gasteiger partial charge < -0.3 is 0 Å². The van der Waals surface area contributed by atoms with Crippen LogP contribution in [0.2, 0.25) is 0 Å². The molecule has 2 nitrogen and oxygen atoms in total. The molecule has 0 N–H and O–H groups in total. The number of ketones is 2. The average molecular weight is 140 g/mol. The number of carbonyl (C=O) groups is 2. The highest BCUT2D eigenvalue weighted by atomic mass is 16.2. The second-order valence-corrected chi connectivity index (χ2v) is 3.21. The Balaban J connectivity index is 2.63. The summed E-state index contributed by atoms with van der Waals surface area (Å²) in [5.41, 5.74) is 0. The van der Waals surface area contributed by atoms with Crippen LogP contribution in [0.25, 0.3) is 0 Å². The molecule has 0 radical (unpaired) electrons. The third-order valence-electron chi connectivity index (χ3n) is 2.30. The molecule has 0 spiro atoms. The Kier molecular flexibility index (Phi) is 1.88. The molecule has 10 heavy (non-hydrogen) atoms. The lowest BCUT2D eigenvalue weighted by atomic mass is 9.80. The Hall–Kier alpha value is -0.660. The van der Waals surface area contributed by atoms with Gasteiger partial charge in [0, 0.05) is 12.8 Å². The van der Waals surface area contributed by atoms with Gasteiger partial charge in [0.1, 0.15) is 0 Å². The first kappa shape index (κ1) is 7.45. The molecule has 0 aromatic carbocycles. The van der Waals surface area contributed by atoms with Gasteiger partial charge in [-0.1, -0.05) is 13.8 Å². The highest BCUT2D eigenvalue weighted by Gasteiger charge is 2.28. The third-order valence-corrected chi connectivity index (χ3v) is 2.30. The Morgan fingerprint density at radius 2 is 1.30 bits per heavy atom.